The van der Waals surface area contributed by atoms with Gasteiger partial charge in [-0.15, -0.1) is 0 Å². The van der Waals surface area contributed by atoms with Crippen molar-refractivity contribution in [3.05, 3.63) is 102 Å². The van der Waals surface area contributed by atoms with Gasteiger partial charge in [0.25, 0.3) is 0 Å². The Morgan fingerprint density at radius 2 is 1.46 bits per heavy atom. The molecule has 1 N–H and O–H groups in total. The molecule has 0 unspecified atom stereocenters. The fourth-order valence-electron chi connectivity index (χ4n) is 12.7. The molecule has 0 spiro atoms. The Kier molecular flexibility index (Phi) is 13.0. The number of benzene rings is 3. The molecule has 4 aliphatic carbocycles. The van der Waals surface area contributed by atoms with Gasteiger partial charge in [0.15, 0.2) is 0 Å². The standard InChI is InChI=1S/C51H67NO5/c1-6-42(36-13-9-7-10-14-36)49(37-15-11-8-12-16-37)38-18-21-40(22-19-38)56-32-31-52(5)34-48(55)57-41-27-29-50(3)39(33-41)20-23-43-45-25-24-44(35(2)17-26-47(53)54)51(45,4)30-28-46(43)50/h7-16,18-19,21-22,35,39,41,43-46H,6,17,20,23-34H2,1-5H3,(H,53,54)/b49-42-/t35-,39-,41-,43+,44-,45+,46+,50+,51-/m1/s1. The zero-order valence-electron chi connectivity index (χ0n) is 35.3. The lowest BCUT2D eigenvalue weighted by atomic mass is 9.44. The third kappa shape index (κ3) is 8.92. The van der Waals surface area contributed by atoms with E-state index in [9.17, 15) is 14.7 Å². The van der Waals surface area contributed by atoms with Crippen molar-refractivity contribution in [3.8, 4) is 5.75 Å². The van der Waals surface area contributed by atoms with Crippen molar-refractivity contribution >= 4 is 23.1 Å². The number of esters is 1. The van der Waals surface area contributed by atoms with Crippen molar-refractivity contribution in [2.75, 3.05) is 26.7 Å². The number of carboxylic acid groups (broad SMARTS) is 1. The van der Waals surface area contributed by atoms with Crippen LogP contribution < -0.4 is 4.74 Å². The lowest BCUT2D eigenvalue weighted by Crippen LogP contribution is -2.54. The van der Waals surface area contributed by atoms with Gasteiger partial charge in [0.05, 0.1) is 6.54 Å². The number of likely N-dealkylation sites (N-methyl/N-ethyl adjacent to an activating group) is 1. The van der Waals surface area contributed by atoms with Gasteiger partial charge in [-0.3, -0.25) is 14.5 Å². The van der Waals surface area contributed by atoms with Gasteiger partial charge in [-0.2, -0.15) is 0 Å². The maximum absolute atomic E-state index is 13.2. The summed E-state index contributed by atoms with van der Waals surface area (Å²) in [7, 11) is 1.97. The Morgan fingerprint density at radius 3 is 2.14 bits per heavy atom. The van der Waals surface area contributed by atoms with E-state index in [1.54, 1.807) is 0 Å². The lowest BCUT2D eigenvalue weighted by Gasteiger charge is -2.61. The summed E-state index contributed by atoms with van der Waals surface area (Å²) < 4.78 is 12.4. The number of rotatable bonds is 15. The van der Waals surface area contributed by atoms with E-state index in [0.29, 0.717) is 48.2 Å². The first-order valence-corrected chi connectivity index (χ1v) is 22.2. The van der Waals surface area contributed by atoms with Crippen LogP contribution in [0.3, 0.4) is 0 Å². The fourth-order valence-corrected chi connectivity index (χ4v) is 12.7. The zero-order valence-corrected chi connectivity index (χ0v) is 35.3. The summed E-state index contributed by atoms with van der Waals surface area (Å²) in [5, 5.41) is 9.31. The number of ether oxygens (including phenoxy) is 2. The molecule has 0 radical (unpaired) electrons. The molecule has 0 heterocycles. The van der Waals surface area contributed by atoms with E-state index in [2.05, 4.69) is 113 Å². The summed E-state index contributed by atoms with van der Waals surface area (Å²) in [5.74, 6) is 4.08. The molecule has 0 aromatic heterocycles. The molecule has 4 saturated carbocycles. The molecule has 4 fully saturated rings. The summed E-state index contributed by atoms with van der Waals surface area (Å²) >= 11 is 0. The number of nitrogens with zero attached hydrogens (tertiary/aromatic N) is 1. The van der Waals surface area contributed by atoms with Crippen LogP contribution in [0.4, 0.5) is 0 Å². The van der Waals surface area contributed by atoms with E-state index in [-0.39, 0.29) is 18.6 Å². The summed E-state index contributed by atoms with van der Waals surface area (Å²) in [6.45, 7) is 11.1. The number of hydrogen-bond donors (Lipinski definition) is 1. The van der Waals surface area contributed by atoms with E-state index in [4.69, 9.17) is 9.47 Å². The Bertz CT molecular complexity index is 1840. The van der Waals surface area contributed by atoms with Gasteiger partial charge in [0.2, 0.25) is 0 Å². The highest BCUT2D eigenvalue weighted by atomic mass is 16.5. The molecule has 0 saturated heterocycles. The monoisotopic (exact) mass is 774 g/mol. The SMILES string of the molecule is CC/C(=C(\c1ccccc1)c1ccc(OCCN(C)CC(=O)O[C@@H]2CC[C@@]3(C)[C@H](CC[C@@H]4[C@@H]3CC[C@]3(C)[C@@H]([C@H](C)CCC(=O)O)CC[C@@H]43)C2)cc1)c1ccccc1. The van der Waals surface area contributed by atoms with Gasteiger partial charge in [-0.1, -0.05) is 100 Å². The van der Waals surface area contributed by atoms with Crippen LogP contribution in [0, 0.1) is 46.3 Å². The molecule has 4 aliphatic rings. The summed E-state index contributed by atoms with van der Waals surface area (Å²) in [6, 6.07) is 29.7. The highest BCUT2D eigenvalue weighted by Crippen LogP contribution is 2.68. The smallest absolute Gasteiger partial charge is 0.320 e. The summed E-state index contributed by atoms with van der Waals surface area (Å²) in [5.41, 5.74) is 6.83. The van der Waals surface area contributed by atoms with Gasteiger partial charge in [0, 0.05) is 13.0 Å². The minimum absolute atomic E-state index is 0.0139. The Labute approximate surface area is 342 Å². The highest BCUT2D eigenvalue weighted by molar-refractivity contribution is 5.98. The second-order valence-electron chi connectivity index (χ2n) is 18.7. The van der Waals surface area contributed by atoms with Crippen molar-refractivity contribution < 1.29 is 24.2 Å². The Balaban J connectivity index is 0.881. The van der Waals surface area contributed by atoms with Crippen LogP contribution in [0.15, 0.2) is 84.9 Å². The summed E-state index contributed by atoms with van der Waals surface area (Å²) in [4.78, 5) is 26.5. The number of fused-ring (bicyclic) bond motifs is 5. The minimum atomic E-state index is -0.663. The van der Waals surface area contributed by atoms with Crippen molar-refractivity contribution in [2.24, 2.45) is 46.3 Å². The molecule has 0 aliphatic heterocycles. The number of aliphatic carboxylic acids is 1. The maximum atomic E-state index is 13.2. The molecule has 7 rings (SSSR count). The largest absolute Gasteiger partial charge is 0.492 e. The van der Waals surface area contributed by atoms with Crippen LogP contribution in [0.25, 0.3) is 11.1 Å². The van der Waals surface area contributed by atoms with Gasteiger partial charge < -0.3 is 14.6 Å². The molecule has 9 atom stereocenters. The predicted octanol–water partition coefficient (Wildman–Crippen LogP) is 11.4. The molecular weight excluding hydrogens is 707 g/mol. The molecule has 6 nitrogen and oxygen atoms in total. The third-order valence-electron chi connectivity index (χ3n) is 15.6. The highest BCUT2D eigenvalue weighted by Gasteiger charge is 2.60. The van der Waals surface area contributed by atoms with Crippen LogP contribution in [0.5, 0.6) is 5.75 Å². The molecule has 3 aromatic carbocycles. The van der Waals surface area contributed by atoms with Gasteiger partial charge >= 0.3 is 11.9 Å². The van der Waals surface area contributed by atoms with Crippen LogP contribution in [-0.4, -0.2) is 54.8 Å². The average molecular weight is 774 g/mol. The van der Waals surface area contributed by atoms with Crippen LogP contribution in [0.2, 0.25) is 0 Å². The van der Waals surface area contributed by atoms with Gasteiger partial charge in [-0.05, 0) is 164 Å². The van der Waals surface area contributed by atoms with Crippen LogP contribution in [0.1, 0.15) is 121 Å². The number of allylic oxidation sites excluding steroid dienone is 1. The molecule has 3 aromatic rings. The van der Waals surface area contributed by atoms with Crippen LogP contribution in [-0.2, 0) is 14.3 Å². The number of carbonyl (C=O) groups is 2. The first kappa shape index (κ1) is 41.3. The molecule has 0 bridgehead atoms. The lowest BCUT2D eigenvalue weighted by molar-refractivity contribution is -0.163. The van der Waals surface area contributed by atoms with Crippen LogP contribution >= 0.6 is 0 Å². The Morgan fingerprint density at radius 1 is 0.807 bits per heavy atom. The normalized spacial score (nSPS) is 30.4. The first-order valence-electron chi connectivity index (χ1n) is 22.2. The van der Waals surface area contributed by atoms with E-state index in [1.807, 2.05) is 11.9 Å². The number of hydrogen-bond acceptors (Lipinski definition) is 5. The fraction of sp³-hybridized carbons (Fsp3) is 0.569. The average Bonchev–Trinajstić information content (AvgIpc) is 3.57. The first-order chi connectivity index (χ1) is 27.5. The number of carboxylic acids is 1. The minimum Gasteiger partial charge on any atom is -0.492 e. The van der Waals surface area contributed by atoms with E-state index in [1.165, 1.54) is 60.8 Å². The van der Waals surface area contributed by atoms with E-state index in [0.717, 1.165) is 61.2 Å². The summed E-state index contributed by atoms with van der Waals surface area (Å²) in [6.07, 6.45) is 12.8. The third-order valence-corrected chi connectivity index (χ3v) is 15.6. The van der Waals surface area contributed by atoms with Crippen molar-refractivity contribution in [2.45, 2.75) is 111 Å². The van der Waals surface area contributed by atoms with Gasteiger partial charge in [0.1, 0.15) is 18.5 Å². The molecule has 6 heteroatoms. The maximum Gasteiger partial charge on any atom is 0.320 e. The quantitative estimate of drug-likeness (QED) is 0.122. The van der Waals surface area contributed by atoms with Crippen molar-refractivity contribution in [1.82, 2.24) is 4.90 Å². The molecule has 306 valence electrons. The molecular formula is C51H67NO5. The van der Waals surface area contributed by atoms with E-state index < -0.39 is 5.97 Å². The Hall–Kier alpha value is -3.90. The topological polar surface area (TPSA) is 76.1 Å². The van der Waals surface area contributed by atoms with E-state index >= 15 is 0 Å². The number of carbonyl (C=O) groups excluding carboxylic acids is 1. The molecule has 0 amide bonds. The second-order valence-corrected chi connectivity index (χ2v) is 18.7. The molecule has 57 heavy (non-hydrogen) atoms. The second kappa shape index (κ2) is 17.9. The predicted molar refractivity (Wildman–Crippen MR) is 230 cm³/mol. The zero-order chi connectivity index (χ0) is 40.2. The van der Waals surface area contributed by atoms with Gasteiger partial charge in [-0.25, -0.2) is 0 Å². The van der Waals surface area contributed by atoms with Crippen molar-refractivity contribution in [3.63, 3.8) is 0 Å². The van der Waals surface area contributed by atoms with Crippen molar-refractivity contribution in [1.29, 1.82) is 0 Å².